The number of ether oxygens (including phenoxy) is 1. The van der Waals surface area contributed by atoms with Crippen molar-refractivity contribution in [1.29, 1.82) is 0 Å². The molecule has 1 aliphatic heterocycles. The minimum Gasteiger partial charge on any atom is -0.493 e. The molecular weight excluding hydrogens is 270 g/mol. The molecular formula is C20H23NO. The SMILES string of the molecule is Cc1ccccc1C=CCN(C)Cc1ccc2c(c1)CCO2. The highest BCUT2D eigenvalue weighted by Gasteiger charge is 2.12. The summed E-state index contributed by atoms with van der Waals surface area (Å²) in [6, 6.07) is 15.0. The summed E-state index contributed by atoms with van der Waals surface area (Å²) in [5.74, 6) is 1.06. The van der Waals surface area contributed by atoms with Crippen LogP contribution in [0.4, 0.5) is 0 Å². The maximum atomic E-state index is 5.56. The number of rotatable bonds is 5. The van der Waals surface area contributed by atoms with Crippen LogP contribution < -0.4 is 4.74 Å². The molecule has 0 N–H and O–H groups in total. The molecule has 0 bridgehead atoms. The molecule has 0 aromatic heterocycles. The van der Waals surface area contributed by atoms with Crippen LogP contribution in [0.15, 0.2) is 48.5 Å². The van der Waals surface area contributed by atoms with Gasteiger partial charge in [-0.05, 0) is 42.3 Å². The van der Waals surface area contributed by atoms with Gasteiger partial charge in [0.1, 0.15) is 5.75 Å². The Morgan fingerprint density at radius 3 is 2.91 bits per heavy atom. The van der Waals surface area contributed by atoms with E-state index < -0.39 is 0 Å². The van der Waals surface area contributed by atoms with E-state index in [2.05, 4.69) is 73.5 Å². The number of hydrogen-bond donors (Lipinski definition) is 0. The molecule has 2 nitrogen and oxygen atoms in total. The van der Waals surface area contributed by atoms with Crippen LogP contribution in [0.25, 0.3) is 6.08 Å². The molecule has 0 amide bonds. The lowest BCUT2D eigenvalue weighted by molar-refractivity contribution is 0.356. The van der Waals surface area contributed by atoms with Crippen LogP contribution in [0.3, 0.4) is 0 Å². The Morgan fingerprint density at radius 1 is 1.18 bits per heavy atom. The first-order valence-corrected chi connectivity index (χ1v) is 7.88. The Balaban J connectivity index is 1.56. The molecule has 0 unspecified atom stereocenters. The number of hydrogen-bond acceptors (Lipinski definition) is 2. The van der Waals surface area contributed by atoms with Gasteiger partial charge in [-0.2, -0.15) is 0 Å². The minimum absolute atomic E-state index is 0.827. The van der Waals surface area contributed by atoms with E-state index in [1.165, 1.54) is 22.3 Å². The molecule has 1 heterocycles. The zero-order chi connectivity index (χ0) is 15.4. The zero-order valence-electron chi connectivity index (χ0n) is 13.4. The van der Waals surface area contributed by atoms with Crippen LogP contribution in [-0.2, 0) is 13.0 Å². The third-order valence-corrected chi connectivity index (χ3v) is 4.11. The molecule has 0 saturated heterocycles. The average molecular weight is 293 g/mol. The van der Waals surface area contributed by atoms with Crippen molar-refractivity contribution in [2.24, 2.45) is 0 Å². The second-order valence-electron chi connectivity index (χ2n) is 6.00. The Hall–Kier alpha value is -2.06. The number of nitrogens with zero attached hydrogens (tertiary/aromatic N) is 1. The van der Waals surface area contributed by atoms with Crippen molar-refractivity contribution in [1.82, 2.24) is 4.90 Å². The molecule has 114 valence electrons. The van der Waals surface area contributed by atoms with Gasteiger partial charge >= 0.3 is 0 Å². The molecule has 2 aromatic rings. The molecule has 1 aliphatic rings. The third-order valence-electron chi connectivity index (χ3n) is 4.11. The van der Waals surface area contributed by atoms with Crippen LogP contribution >= 0.6 is 0 Å². The fourth-order valence-corrected chi connectivity index (χ4v) is 2.85. The normalized spacial score (nSPS) is 13.6. The number of aryl methyl sites for hydroxylation is 1. The van der Waals surface area contributed by atoms with E-state index in [4.69, 9.17) is 4.74 Å². The van der Waals surface area contributed by atoms with E-state index in [0.29, 0.717) is 0 Å². The maximum absolute atomic E-state index is 5.56. The van der Waals surface area contributed by atoms with Gasteiger partial charge in [0, 0.05) is 19.5 Å². The van der Waals surface area contributed by atoms with E-state index >= 15 is 0 Å². The van der Waals surface area contributed by atoms with Gasteiger partial charge in [0.2, 0.25) is 0 Å². The molecule has 2 heteroatoms. The van der Waals surface area contributed by atoms with Gasteiger partial charge < -0.3 is 4.74 Å². The van der Waals surface area contributed by atoms with E-state index in [1.54, 1.807) is 0 Å². The van der Waals surface area contributed by atoms with E-state index in [9.17, 15) is 0 Å². The van der Waals surface area contributed by atoms with Gasteiger partial charge in [0.05, 0.1) is 6.61 Å². The van der Waals surface area contributed by atoms with E-state index in [1.807, 2.05) is 0 Å². The highest BCUT2D eigenvalue weighted by atomic mass is 16.5. The number of likely N-dealkylation sites (N-methyl/N-ethyl adjacent to an activating group) is 1. The van der Waals surface area contributed by atoms with Gasteiger partial charge in [-0.1, -0.05) is 48.6 Å². The largest absolute Gasteiger partial charge is 0.493 e. The van der Waals surface area contributed by atoms with Crippen molar-refractivity contribution in [3.05, 3.63) is 70.8 Å². The van der Waals surface area contributed by atoms with Crippen molar-refractivity contribution in [2.75, 3.05) is 20.2 Å². The first-order chi connectivity index (χ1) is 10.7. The molecule has 22 heavy (non-hydrogen) atoms. The van der Waals surface area contributed by atoms with Crippen LogP contribution in [0, 0.1) is 6.92 Å². The van der Waals surface area contributed by atoms with Crippen LogP contribution in [0.5, 0.6) is 5.75 Å². The van der Waals surface area contributed by atoms with Crippen molar-refractivity contribution >= 4 is 6.08 Å². The molecule has 0 atom stereocenters. The summed E-state index contributed by atoms with van der Waals surface area (Å²) in [7, 11) is 2.16. The average Bonchev–Trinajstić information content (AvgIpc) is 2.97. The standard InChI is InChI=1S/C20H23NO/c1-16-6-3-4-7-18(16)8-5-12-21(2)15-17-9-10-20-19(14-17)11-13-22-20/h3-10,14H,11-13,15H2,1-2H3. The Labute approximate surface area is 133 Å². The fraction of sp³-hybridized carbons (Fsp3) is 0.300. The van der Waals surface area contributed by atoms with Crippen molar-refractivity contribution in [3.8, 4) is 5.75 Å². The quantitative estimate of drug-likeness (QED) is 0.824. The second-order valence-corrected chi connectivity index (χ2v) is 6.00. The molecule has 0 radical (unpaired) electrons. The first kappa shape index (κ1) is 14.9. The molecule has 0 saturated carbocycles. The summed E-state index contributed by atoms with van der Waals surface area (Å²) in [6.07, 6.45) is 5.49. The summed E-state index contributed by atoms with van der Waals surface area (Å²) >= 11 is 0. The highest BCUT2D eigenvalue weighted by Crippen LogP contribution is 2.26. The summed E-state index contributed by atoms with van der Waals surface area (Å²) in [6.45, 7) is 4.89. The van der Waals surface area contributed by atoms with Gasteiger partial charge in [-0.15, -0.1) is 0 Å². The summed E-state index contributed by atoms with van der Waals surface area (Å²) in [4.78, 5) is 2.33. The topological polar surface area (TPSA) is 12.5 Å². The van der Waals surface area contributed by atoms with Crippen LogP contribution in [-0.4, -0.2) is 25.1 Å². The van der Waals surface area contributed by atoms with Gasteiger partial charge in [0.15, 0.2) is 0 Å². The first-order valence-electron chi connectivity index (χ1n) is 7.88. The third kappa shape index (κ3) is 3.58. The van der Waals surface area contributed by atoms with Crippen LogP contribution in [0.2, 0.25) is 0 Å². The van der Waals surface area contributed by atoms with Crippen molar-refractivity contribution in [2.45, 2.75) is 19.9 Å². The maximum Gasteiger partial charge on any atom is 0.122 e. The van der Waals surface area contributed by atoms with Crippen molar-refractivity contribution in [3.63, 3.8) is 0 Å². The molecule has 3 rings (SSSR count). The van der Waals surface area contributed by atoms with Crippen LogP contribution in [0.1, 0.15) is 22.3 Å². The lowest BCUT2D eigenvalue weighted by atomic mass is 10.1. The Bertz CT molecular complexity index is 675. The predicted molar refractivity (Wildman–Crippen MR) is 92.2 cm³/mol. The number of fused-ring (bicyclic) bond motifs is 1. The van der Waals surface area contributed by atoms with Crippen molar-refractivity contribution < 1.29 is 4.74 Å². The Morgan fingerprint density at radius 2 is 2.05 bits per heavy atom. The predicted octanol–water partition coefficient (Wildman–Crippen LogP) is 4.08. The molecule has 2 aromatic carbocycles. The lowest BCUT2D eigenvalue weighted by Gasteiger charge is -2.15. The molecule has 0 aliphatic carbocycles. The van der Waals surface area contributed by atoms with Gasteiger partial charge in [-0.25, -0.2) is 0 Å². The molecule has 0 spiro atoms. The zero-order valence-corrected chi connectivity index (χ0v) is 13.4. The number of benzene rings is 2. The Kier molecular flexibility index (Phi) is 4.59. The lowest BCUT2D eigenvalue weighted by Crippen LogP contribution is -2.17. The molecule has 0 fully saturated rings. The fourth-order valence-electron chi connectivity index (χ4n) is 2.85. The minimum atomic E-state index is 0.827. The summed E-state index contributed by atoms with van der Waals surface area (Å²) < 4.78 is 5.56. The van der Waals surface area contributed by atoms with Gasteiger partial charge in [-0.3, -0.25) is 4.90 Å². The smallest absolute Gasteiger partial charge is 0.122 e. The highest BCUT2D eigenvalue weighted by molar-refractivity contribution is 5.53. The van der Waals surface area contributed by atoms with E-state index in [-0.39, 0.29) is 0 Å². The monoisotopic (exact) mass is 293 g/mol. The summed E-state index contributed by atoms with van der Waals surface area (Å²) in [5.41, 5.74) is 5.32. The second kappa shape index (κ2) is 6.80. The van der Waals surface area contributed by atoms with Gasteiger partial charge in [0.25, 0.3) is 0 Å². The summed E-state index contributed by atoms with van der Waals surface area (Å²) in [5, 5.41) is 0. The van der Waals surface area contributed by atoms with E-state index in [0.717, 1.165) is 31.9 Å².